The predicted octanol–water partition coefficient (Wildman–Crippen LogP) is 3.57. The Morgan fingerprint density at radius 3 is 2.47 bits per heavy atom. The number of hydrogen-bond donors (Lipinski definition) is 0. The van der Waals surface area contributed by atoms with Crippen LogP contribution in [0.25, 0.3) is 0 Å². The van der Waals surface area contributed by atoms with Crippen molar-refractivity contribution < 1.29 is 4.79 Å². The van der Waals surface area contributed by atoms with E-state index >= 15 is 0 Å². The van der Waals surface area contributed by atoms with E-state index < -0.39 is 0 Å². The zero-order valence-electron chi connectivity index (χ0n) is 9.58. The van der Waals surface area contributed by atoms with Crippen molar-refractivity contribution in [3.8, 4) is 0 Å². The van der Waals surface area contributed by atoms with Crippen LogP contribution in [0.3, 0.4) is 0 Å². The van der Waals surface area contributed by atoms with Gasteiger partial charge in [0.25, 0.3) is 0 Å². The Morgan fingerprint density at radius 2 is 1.80 bits per heavy atom. The minimum absolute atomic E-state index is 0.489. The molecule has 0 N–H and O–H groups in total. The highest BCUT2D eigenvalue weighted by molar-refractivity contribution is 5.86. The summed E-state index contributed by atoms with van der Waals surface area (Å²) in [5.41, 5.74) is 0. The van der Waals surface area contributed by atoms with Gasteiger partial charge in [-0.25, -0.2) is 0 Å². The minimum Gasteiger partial charge on any atom is -0.299 e. The lowest BCUT2D eigenvalue weighted by Gasteiger charge is -2.28. The molecule has 1 heteroatoms. The zero-order chi connectivity index (χ0) is 10.3. The molecule has 3 aliphatic carbocycles. The van der Waals surface area contributed by atoms with E-state index in [1.165, 1.54) is 57.8 Å². The Bertz CT molecular complexity index is 252. The van der Waals surface area contributed by atoms with Crippen molar-refractivity contribution in [3.63, 3.8) is 0 Å². The third-order valence-electron chi connectivity index (χ3n) is 5.12. The number of carbonyl (C=O) groups is 1. The third-order valence-corrected chi connectivity index (χ3v) is 5.12. The van der Waals surface area contributed by atoms with Crippen LogP contribution in [0.2, 0.25) is 0 Å². The Labute approximate surface area is 92.6 Å². The Morgan fingerprint density at radius 1 is 1.00 bits per heavy atom. The molecule has 15 heavy (non-hydrogen) atoms. The van der Waals surface area contributed by atoms with Crippen LogP contribution in [-0.4, -0.2) is 5.78 Å². The van der Waals surface area contributed by atoms with Gasteiger partial charge in [-0.05, 0) is 37.5 Å². The maximum absolute atomic E-state index is 12.0. The zero-order valence-corrected chi connectivity index (χ0v) is 9.58. The van der Waals surface area contributed by atoms with Crippen LogP contribution in [0, 0.1) is 23.7 Å². The van der Waals surface area contributed by atoms with E-state index in [4.69, 9.17) is 0 Å². The van der Waals surface area contributed by atoms with Crippen molar-refractivity contribution in [1.82, 2.24) is 0 Å². The van der Waals surface area contributed by atoms with Crippen LogP contribution in [0.5, 0.6) is 0 Å². The Hall–Kier alpha value is -0.330. The molecule has 84 valence electrons. The molecule has 3 aliphatic rings. The summed E-state index contributed by atoms with van der Waals surface area (Å²) in [7, 11) is 0. The summed E-state index contributed by atoms with van der Waals surface area (Å²) in [6.45, 7) is 0. The molecule has 2 bridgehead atoms. The van der Waals surface area contributed by atoms with E-state index in [0.29, 0.717) is 17.6 Å². The quantitative estimate of drug-likeness (QED) is 0.675. The topological polar surface area (TPSA) is 17.1 Å². The fraction of sp³-hybridized carbons (Fsp3) is 0.929. The van der Waals surface area contributed by atoms with Crippen LogP contribution < -0.4 is 0 Å². The molecule has 0 spiro atoms. The first kappa shape index (κ1) is 9.86. The molecule has 1 nitrogen and oxygen atoms in total. The first-order chi connectivity index (χ1) is 7.34. The van der Waals surface area contributed by atoms with Crippen molar-refractivity contribution in [2.75, 3.05) is 0 Å². The van der Waals surface area contributed by atoms with Gasteiger partial charge in [-0.1, -0.05) is 32.1 Å². The molecule has 0 saturated heterocycles. The maximum Gasteiger partial charge on any atom is 0.139 e. The second-order valence-electron chi connectivity index (χ2n) is 6.02. The van der Waals surface area contributed by atoms with E-state index in [9.17, 15) is 4.79 Å². The number of carbonyl (C=O) groups excluding carboxylic acids is 1. The molecule has 0 aliphatic heterocycles. The fourth-order valence-corrected chi connectivity index (χ4v) is 4.27. The molecule has 0 aromatic heterocycles. The monoisotopic (exact) mass is 206 g/mol. The van der Waals surface area contributed by atoms with Gasteiger partial charge in [0.05, 0.1) is 0 Å². The average Bonchev–Trinajstić information content (AvgIpc) is 2.84. The van der Waals surface area contributed by atoms with Crippen LogP contribution >= 0.6 is 0 Å². The molecule has 0 heterocycles. The lowest BCUT2D eigenvalue weighted by molar-refractivity contribution is -0.126. The summed E-state index contributed by atoms with van der Waals surface area (Å²) in [4.78, 5) is 12.0. The first-order valence-electron chi connectivity index (χ1n) is 6.88. The third kappa shape index (κ3) is 1.74. The van der Waals surface area contributed by atoms with Gasteiger partial charge < -0.3 is 0 Å². The number of rotatable bonds is 2. The van der Waals surface area contributed by atoms with Gasteiger partial charge in [0, 0.05) is 11.8 Å². The number of fused-ring (bicyclic) bond motifs is 2. The number of hydrogen-bond acceptors (Lipinski definition) is 1. The lowest BCUT2D eigenvalue weighted by atomic mass is 9.77. The van der Waals surface area contributed by atoms with E-state index in [0.717, 1.165) is 11.8 Å². The van der Waals surface area contributed by atoms with Crippen LogP contribution in [-0.2, 0) is 4.79 Å². The average molecular weight is 206 g/mol. The Balaban J connectivity index is 1.60. The maximum atomic E-state index is 12.0. The standard InChI is InChI=1S/C14H22O/c15-14-12-7-6-11(9-12)13(14)8-10-4-2-1-3-5-10/h10-13H,1-9H2/t11-,12+,13?/m1/s1. The van der Waals surface area contributed by atoms with Crippen molar-refractivity contribution >= 4 is 5.78 Å². The van der Waals surface area contributed by atoms with E-state index in [-0.39, 0.29) is 0 Å². The number of ketones is 1. The van der Waals surface area contributed by atoms with E-state index in [2.05, 4.69) is 0 Å². The predicted molar refractivity (Wildman–Crippen MR) is 60.5 cm³/mol. The van der Waals surface area contributed by atoms with Crippen LogP contribution in [0.1, 0.15) is 57.8 Å². The van der Waals surface area contributed by atoms with Gasteiger partial charge in [0.15, 0.2) is 0 Å². The van der Waals surface area contributed by atoms with Crippen LogP contribution in [0.4, 0.5) is 0 Å². The highest BCUT2D eigenvalue weighted by Crippen LogP contribution is 2.49. The molecule has 0 aromatic rings. The van der Waals surface area contributed by atoms with Gasteiger partial charge in [-0.2, -0.15) is 0 Å². The van der Waals surface area contributed by atoms with Gasteiger partial charge in [0.2, 0.25) is 0 Å². The van der Waals surface area contributed by atoms with Gasteiger partial charge in [-0.15, -0.1) is 0 Å². The number of Topliss-reactive ketones (excluding diaryl/α,β-unsaturated/α-hetero) is 1. The smallest absolute Gasteiger partial charge is 0.139 e. The summed E-state index contributed by atoms with van der Waals surface area (Å²) in [5, 5.41) is 0. The summed E-state index contributed by atoms with van der Waals surface area (Å²) < 4.78 is 0. The molecule has 1 unspecified atom stereocenters. The van der Waals surface area contributed by atoms with Crippen molar-refractivity contribution in [3.05, 3.63) is 0 Å². The van der Waals surface area contributed by atoms with E-state index in [1.807, 2.05) is 0 Å². The summed E-state index contributed by atoms with van der Waals surface area (Å²) >= 11 is 0. The molecule has 3 rings (SSSR count). The first-order valence-corrected chi connectivity index (χ1v) is 6.88. The molecule has 0 amide bonds. The van der Waals surface area contributed by atoms with Gasteiger partial charge in [0.1, 0.15) is 5.78 Å². The second kappa shape index (κ2) is 3.92. The molecule has 3 fully saturated rings. The Kier molecular flexibility index (Phi) is 2.58. The second-order valence-corrected chi connectivity index (χ2v) is 6.02. The summed E-state index contributed by atoms with van der Waals surface area (Å²) in [6.07, 6.45) is 12.1. The summed E-state index contributed by atoms with van der Waals surface area (Å²) in [5.74, 6) is 3.32. The molecule has 3 saturated carbocycles. The van der Waals surface area contributed by atoms with Crippen molar-refractivity contribution in [2.45, 2.75) is 57.8 Å². The molecule has 0 aromatic carbocycles. The molecule has 0 radical (unpaired) electrons. The summed E-state index contributed by atoms with van der Waals surface area (Å²) in [6, 6.07) is 0. The van der Waals surface area contributed by atoms with Crippen LogP contribution in [0.15, 0.2) is 0 Å². The van der Waals surface area contributed by atoms with Gasteiger partial charge >= 0.3 is 0 Å². The molecule has 3 atom stereocenters. The molecular formula is C14H22O. The van der Waals surface area contributed by atoms with E-state index in [1.54, 1.807) is 0 Å². The SMILES string of the molecule is O=C1C(CC2CCCCC2)[C@@H]2CC[C@H]1C2. The van der Waals surface area contributed by atoms with Gasteiger partial charge in [-0.3, -0.25) is 4.79 Å². The highest BCUT2D eigenvalue weighted by atomic mass is 16.1. The minimum atomic E-state index is 0.489. The molecular weight excluding hydrogens is 184 g/mol. The van der Waals surface area contributed by atoms with Crippen molar-refractivity contribution in [1.29, 1.82) is 0 Å². The normalized spacial score (nSPS) is 41.3. The lowest BCUT2D eigenvalue weighted by Crippen LogP contribution is -2.25. The largest absolute Gasteiger partial charge is 0.299 e. The van der Waals surface area contributed by atoms with Crippen molar-refractivity contribution in [2.24, 2.45) is 23.7 Å². The highest BCUT2D eigenvalue weighted by Gasteiger charge is 2.46. The fourth-order valence-electron chi connectivity index (χ4n) is 4.27.